The van der Waals surface area contributed by atoms with Crippen molar-refractivity contribution in [1.29, 1.82) is 0 Å². The summed E-state index contributed by atoms with van der Waals surface area (Å²) < 4.78 is 32.0. The van der Waals surface area contributed by atoms with Gasteiger partial charge in [0.05, 0.1) is 6.10 Å². The molecule has 1 aliphatic rings. The molecular formula is C15H21F2NO. The summed E-state index contributed by atoms with van der Waals surface area (Å²) in [5.74, 6) is -1.11. The van der Waals surface area contributed by atoms with Crippen molar-refractivity contribution in [3.05, 3.63) is 29.8 Å². The Hall–Kier alpha value is -1.16. The summed E-state index contributed by atoms with van der Waals surface area (Å²) in [6, 6.07) is 3.73. The topological polar surface area (TPSA) is 21.3 Å². The highest BCUT2D eigenvalue weighted by Crippen LogP contribution is 2.47. The van der Waals surface area contributed by atoms with Crippen molar-refractivity contribution >= 4 is 5.69 Å². The van der Waals surface area contributed by atoms with E-state index in [9.17, 15) is 8.78 Å². The van der Waals surface area contributed by atoms with Gasteiger partial charge in [0.1, 0.15) is 11.6 Å². The number of nitrogens with one attached hydrogen (secondary N) is 1. The summed E-state index contributed by atoms with van der Waals surface area (Å²) in [4.78, 5) is 0. The maximum absolute atomic E-state index is 13.2. The predicted molar refractivity (Wildman–Crippen MR) is 72.2 cm³/mol. The molecule has 3 atom stereocenters. The van der Waals surface area contributed by atoms with Gasteiger partial charge in [0.25, 0.3) is 0 Å². The van der Waals surface area contributed by atoms with Crippen molar-refractivity contribution in [2.24, 2.45) is 5.41 Å². The Balaban J connectivity index is 2.07. The van der Waals surface area contributed by atoms with E-state index in [1.807, 2.05) is 6.92 Å². The number of benzene rings is 1. The molecule has 1 saturated carbocycles. The molecule has 0 heterocycles. The number of anilines is 1. The predicted octanol–water partition coefficient (Wildman–Crippen LogP) is 3.97. The molecule has 0 bridgehead atoms. The van der Waals surface area contributed by atoms with Crippen LogP contribution in [-0.2, 0) is 4.74 Å². The highest BCUT2D eigenvalue weighted by atomic mass is 19.1. The van der Waals surface area contributed by atoms with Gasteiger partial charge in [-0.25, -0.2) is 8.78 Å². The van der Waals surface area contributed by atoms with Crippen LogP contribution in [0.5, 0.6) is 0 Å². The molecule has 4 heteroatoms. The lowest BCUT2D eigenvalue weighted by Gasteiger charge is -2.53. The highest BCUT2D eigenvalue weighted by molar-refractivity contribution is 5.46. The molecule has 2 nitrogen and oxygen atoms in total. The average molecular weight is 269 g/mol. The fraction of sp³-hybridized carbons (Fsp3) is 0.600. The average Bonchev–Trinajstić information content (AvgIpc) is 2.35. The molecule has 0 saturated heterocycles. The molecule has 1 aliphatic carbocycles. The molecule has 0 amide bonds. The summed E-state index contributed by atoms with van der Waals surface area (Å²) in [6.07, 6.45) is 2.06. The van der Waals surface area contributed by atoms with Crippen LogP contribution in [0.2, 0.25) is 0 Å². The van der Waals surface area contributed by atoms with Crippen LogP contribution in [0.4, 0.5) is 14.5 Å². The second-order valence-electron chi connectivity index (χ2n) is 5.39. The minimum absolute atomic E-state index is 0.0127. The maximum atomic E-state index is 13.2. The first-order valence-corrected chi connectivity index (χ1v) is 6.83. The first-order valence-electron chi connectivity index (χ1n) is 6.83. The molecule has 3 unspecified atom stereocenters. The Labute approximate surface area is 113 Å². The smallest absolute Gasteiger partial charge is 0.128 e. The summed E-state index contributed by atoms with van der Waals surface area (Å²) in [5, 5.41) is 3.23. The normalized spacial score (nSPS) is 29.9. The van der Waals surface area contributed by atoms with Gasteiger partial charge in [0.2, 0.25) is 0 Å². The molecule has 0 spiro atoms. The van der Waals surface area contributed by atoms with Crippen molar-refractivity contribution in [2.45, 2.75) is 45.8 Å². The Kier molecular flexibility index (Phi) is 4.09. The number of ether oxygens (including phenoxy) is 1. The first-order chi connectivity index (χ1) is 8.99. The summed E-state index contributed by atoms with van der Waals surface area (Å²) >= 11 is 0. The van der Waals surface area contributed by atoms with Gasteiger partial charge in [0.15, 0.2) is 0 Å². The molecular weight excluding hydrogens is 248 g/mol. The van der Waals surface area contributed by atoms with Crippen LogP contribution in [0.3, 0.4) is 0 Å². The first kappa shape index (κ1) is 14.3. The molecule has 2 rings (SSSR count). The number of rotatable bonds is 5. The second kappa shape index (κ2) is 5.45. The van der Waals surface area contributed by atoms with Crippen LogP contribution in [0, 0.1) is 17.0 Å². The van der Waals surface area contributed by atoms with Crippen molar-refractivity contribution in [1.82, 2.24) is 0 Å². The van der Waals surface area contributed by atoms with Crippen molar-refractivity contribution in [3.8, 4) is 0 Å². The van der Waals surface area contributed by atoms with Crippen LogP contribution < -0.4 is 5.32 Å². The number of halogens is 2. The zero-order chi connectivity index (χ0) is 14.0. The fourth-order valence-electron chi connectivity index (χ4n) is 2.81. The summed E-state index contributed by atoms with van der Waals surface area (Å²) in [7, 11) is 0. The van der Waals surface area contributed by atoms with Gasteiger partial charge < -0.3 is 10.1 Å². The van der Waals surface area contributed by atoms with E-state index < -0.39 is 11.6 Å². The standard InChI is InChI=1S/C15H21F2NO/c1-4-15(3)13(9-14(15)19-5-2)18-12-7-10(16)6-11(17)8-12/h6-8,13-14,18H,4-5,9H2,1-3H3. The summed E-state index contributed by atoms with van der Waals surface area (Å²) in [5.41, 5.74) is 0.510. The quantitative estimate of drug-likeness (QED) is 0.873. The van der Waals surface area contributed by atoms with Crippen molar-refractivity contribution in [2.75, 3.05) is 11.9 Å². The second-order valence-corrected chi connectivity index (χ2v) is 5.39. The van der Waals surface area contributed by atoms with E-state index in [-0.39, 0.29) is 17.6 Å². The monoisotopic (exact) mass is 269 g/mol. The fourth-order valence-corrected chi connectivity index (χ4v) is 2.81. The van der Waals surface area contributed by atoms with Crippen molar-refractivity contribution in [3.63, 3.8) is 0 Å². The molecule has 1 N–H and O–H groups in total. The van der Waals surface area contributed by atoms with Gasteiger partial charge >= 0.3 is 0 Å². The number of hydrogen-bond donors (Lipinski definition) is 1. The van der Waals surface area contributed by atoms with Gasteiger partial charge in [-0.1, -0.05) is 13.8 Å². The minimum atomic E-state index is -0.554. The Morgan fingerprint density at radius 2 is 1.89 bits per heavy atom. The molecule has 0 aromatic heterocycles. The Bertz CT molecular complexity index is 432. The van der Waals surface area contributed by atoms with E-state index in [0.29, 0.717) is 12.3 Å². The lowest BCUT2D eigenvalue weighted by Crippen LogP contribution is -2.59. The van der Waals surface area contributed by atoms with Crippen LogP contribution in [0.15, 0.2) is 18.2 Å². The van der Waals surface area contributed by atoms with Gasteiger partial charge in [0, 0.05) is 29.8 Å². The van der Waals surface area contributed by atoms with Gasteiger partial charge in [-0.15, -0.1) is 0 Å². The minimum Gasteiger partial charge on any atom is -0.381 e. The van der Waals surface area contributed by atoms with Gasteiger partial charge in [-0.3, -0.25) is 0 Å². The molecule has 19 heavy (non-hydrogen) atoms. The lowest BCUT2D eigenvalue weighted by molar-refractivity contribution is -0.109. The third-order valence-corrected chi connectivity index (χ3v) is 4.31. The van der Waals surface area contributed by atoms with E-state index >= 15 is 0 Å². The SMILES string of the molecule is CCOC1CC(Nc2cc(F)cc(F)c2)C1(C)CC. The molecule has 1 aromatic carbocycles. The zero-order valence-electron chi connectivity index (χ0n) is 11.7. The maximum Gasteiger partial charge on any atom is 0.128 e. The lowest BCUT2D eigenvalue weighted by atomic mass is 9.61. The largest absolute Gasteiger partial charge is 0.381 e. The van der Waals surface area contributed by atoms with E-state index in [4.69, 9.17) is 4.74 Å². The molecule has 106 valence electrons. The Morgan fingerprint density at radius 1 is 1.26 bits per heavy atom. The van der Waals surface area contributed by atoms with Crippen LogP contribution >= 0.6 is 0 Å². The van der Waals surface area contributed by atoms with Crippen LogP contribution in [0.25, 0.3) is 0 Å². The van der Waals surface area contributed by atoms with Crippen molar-refractivity contribution < 1.29 is 13.5 Å². The van der Waals surface area contributed by atoms with E-state index in [0.717, 1.165) is 18.9 Å². The van der Waals surface area contributed by atoms with E-state index in [2.05, 4.69) is 19.2 Å². The van der Waals surface area contributed by atoms with E-state index in [1.165, 1.54) is 12.1 Å². The van der Waals surface area contributed by atoms with Gasteiger partial charge in [-0.05, 0) is 31.9 Å². The molecule has 0 aliphatic heterocycles. The molecule has 0 radical (unpaired) electrons. The third-order valence-electron chi connectivity index (χ3n) is 4.31. The molecule has 1 aromatic rings. The van der Waals surface area contributed by atoms with Crippen LogP contribution in [-0.4, -0.2) is 18.8 Å². The Morgan fingerprint density at radius 3 is 2.42 bits per heavy atom. The van der Waals surface area contributed by atoms with E-state index in [1.54, 1.807) is 0 Å². The summed E-state index contributed by atoms with van der Waals surface area (Å²) in [6.45, 7) is 6.95. The number of hydrogen-bond acceptors (Lipinski definition) is 2. The van der Waals surface area contributed by atoms with Gasteiger partial charge in [-0.2, -0.15) is 0 Å². The molecule has 1 fully saturated rings. The zero-order valence-corrected chi connectivity index (χ0v) is 11.7. The highest BCUT2D eigenvalue weighted by Gasteiger charge is 2.51. The van der Waals surface area contributed by atoms with Crippen LogP contribution in [0.1, 0.15) is 33.6 Å². The third kappa shape index (κ3) is 2.73.